The lowest BCUT2D eigenvalue weighted by molar-refractivity contribution is -0.137. The Morgan fingerprint density at radius 2 is 1.77 bits per heavy atom. The highest BCUT2D eigenvalue weighted by atomic mass is 19.4. The summed E-state index contributed by atoms with van der Waals surface area (Å²) < 4.78 is 54.3. The van der Waals surface area contributed by atoms with Crippen molar-refractivity contribution in [3.8, 4) is 17.2 Å². The van der Waals surface area contributed by atoms with E-state index < -0.39 is 11.7 Å². The number of halogens is 3. The van der Waals surface area contributed by atoms with Crippen molar-refractivity contribution in [2.24, 2.45) is 0 Å². The van der Waals surface area contributed by atoms with Crippen molar-refractivity contribution in [2.45, 2.75) is 12.6 Å². The van der Waals surface area contributed by atoms with E-state index in [1.807, 2.05) is 4.90 Å². The Morgan fingerprint density at radius 3 is 2.55 bits per heavy atom. The van der Waals surface area contributed by atoms with Crippen molar-refractivity contribution in [1.29, 1.82) is 0 Å². The summed E-state index contributed by atoms with van der Waals surface area (Å²) in [7, 11) is 0. The van der Waals surface area contributed by atoms with Gasteiger partial charge in [0, 0.05) is 38.3 Å². The predicted molar refractivity (Wildman–Crippen MR) is 106 cm³/mol. The first-order valence-corrected chi connectivity index (χ1v) is 10.1. The van der Waals surface area contributed by atoms with Gasteiger partial charge in [-0.25, -0.2) is 0 Å². The van der Waals surface area contributed by atoms with E-state index in [9.17, 15) is 18.0 Å². The topological polar surface area (TPSA) is 51.2 Å². The number of carbonyl (C=O) groups excluding carboxylic acids is 1. The summed E-state index contributed by atoms with van der Waals surface area (Å²) in [5.74, 6) is 1.42. The van der Waals surface area contributed by atoms with Crippen LogP contribution in [0.25, 0.3) is 0 Å². The number of ether oxygens (including phenoxy) is 3. The second-order valence-electron chi connectivity index (χ2n) is 7.43. The monoisotopic (exact) mass is 436 g/mol. The average Bonchev–Trinajstić information content (AvgIpc) is 3.24. The summed E-state index contributed by atoms with van der Waals surface area (Å²) in [6.45, 7) is 3.95. The van der Waals surface area contributed by atoms with Crippen molar-refractivity contribution in [1.82, 2.24) is 9.80 Å². The van der Waals surface area contributed by atoms with Gasteiger partial charge >= 0.3 is 6.18 Å². The van der Waals surface area contributed by atoms with Crippen LogP contribution in [0.2, 0.25) is 0 Å². The molecule has 2 aromatic carbocycles. The zero-order valence-corrected chi connectivity index (χ0v) is 16.9. The van der Waals surface area contributed by atoms with E-state index in [-0.39, 0.29) is 18.4 Å². The molecule has 0 bridgehead atoms. The molecule has 0 N–H and O–H groups in total. The number of rotatable bonds is 6. The predicted octanol–water partition coefficient (Wildman–Crippen LogP) is 3.66. The van der Waals surface area contributed by atoms with Crippen molar-refractivity contribution < 1.29 is 32.2 Å². The van der Waals surface area contributed by atoms with Gasteiger partial charge in [-0.2, -0.15) is 13.2 Å². The molecule has 4 rings (SSSR count). The van der Waals surface area contributed by atoms with Gasteiger partial charge in [0.15, 0.2) is 11.5 Å². The normalized spacial score (nSPS) is 16.4. The molecule has 0 radical (unpaired) electrons. The number of benzene rings is 2. The van der Waals surface area contributed by atoms with Crippen LogP contribution in [0.4, 0.5) is 13.2 Å². The van der Waals surface area contributed by atoms with Gasteiger partial charge in [-0.1, -0.05) is 6.07 Å². The van der Waals surface area contributed by atoms with E-state index in [0.29, 0.717) is 43.2 Å². The Morgan fingerprint density at radius 1 is 1.00 bits per heavy atom. The Kier molecular flexibility index (Phi) is 6.22. The molecule has 0 aliphatic carbocycles. The minimum atomic E-state index is -4.38. The van der Waals surface area contributed by atoms with Crippen LogP contribution in [-0.4, -0.2) is 61.8 Å². The third-order valence-corrected chi connectivity index (χ3v) is 5.33. The number of amides is 1. The third-order valence-electron chi connectivity index (χ3n) is 5.33. The molecule has 2 aliphatic rings. The summed E-state index contributed by atoms with van der Waals surface area (Å²) >= 11 is 0. The van der Waals surface area contributed by atoms with Gasteiger partial charge in [0.05, 0.1) is 12.2 Å². The maximum atomic E-state index is 12.8. The molecule has 0 spiro atoms. The van der Waals surface area contributed by atoms with E-state index in [2.05, 4.69) is 4.90 Å². The number of nitrogens with zero attached hydrogens (tertiary/aromatic N) is 2. The fourth-order valence-electron chi connectivity index (χ4n) is 3.63. The Labute approximate surface area is 178 Å². The molecule has 0 saturated carbocycles. The molecular weight excluding hydrogens is 413 g/mol. The quantitative estimate of drug-likeness (QED) is 0.647. The van der Waals surface area contributed by atoms with E-state index in [1.165, 1.54) is 12.1 Å². The van der Waals surface area contributed by atoms with Crippen LogP contribution >= 0.6 is 0 Å². The second kappa shape index (κ2) is 9.05. The van der Waals surface area contributed by atoms with E-state index in [0.717, 1.165) is 31.8 Å². The van der Waals surface area contributed by atoms with Gasteiger partial charge < -0.3 is 19.1 Å². The Balaban J connectivity index is 1.19. The maximum absolute atomic E-state index is 12.8. The minimum Gasteiger partial charge on any atom is -0.494 e. The summed E-state index contributed by atoms with van der Waals surface area (Å²) in [5, 5.41) is 0. The van der Waals surface area contributed by atoms with Crippen LogP contribution < -0.4 is 14.2 Å². The van der Waals surface area contributed by atoms with Crippen LogP contribution in [0.3, 0.4) is 0 Å². The third kappa shape index (κ3) is 5.22. The molecule has 0 atom stereocenters. The zero-order valence-electron chi connectivity index (χ0n) is 16.9. The molecule has 2 aromatic rings. The lowest BCUT2D eigenvalue weighted by atomic mass is 10.1. The summed E-state index contributed by atoms with van der Waals surface area (Å²) in [6, 6.07) is 10.1. The minimum absolute atomic E-state index is 0.0363. The first kappa shape index (κ1) is 21.3. The standard InChI is InChI=1S/C22H23F3N2O4/c23-22(24,25)17-3-1-4-18(14-17)29-12-2-7-26-8-10-27(11-9-26)21(28)16-5-6-19-20(13-16)31-15-30-19/h1,3-6,13-14H,2,7-12,15H2. The molecule has 6 nitrogen and oxygen atoms in total. The van der Waals surface area contributed by atoms with Crippen molar-refractivity contribution in [3.63, 3.8) is 0 Å². The van der Waals surface area contributed by atoms with Gasteiger partial charge in [0.2, 0.25) is 6.79 Å². The van der Waals surface area contributed by atoms with Crippen LogP contribution in [0, 0.1) is 0 Å². The first-order valence-electron chi connectivity index (χ1n) is 10.1. The molecule has 1 saturated heterocycles. The zero-order chi connectivity index (χ0) is 21.8. The number of hydrogen-bond acceptors (Lipinski definition) is 5. The van der Waals surface area contributed by atoms with Crippen LogP contribution in [0.15, 0.2) is 42.5 Å². The largest absolute Gasteiger partial charge is 0.494 e. The first-order chi connectivity index (χ1) is 14.9. The average molecular weight is 436 g/mol. The fraction of sp³-hybridized carbons (Fsp3) is 0.409. The summed E-state index contributed by atoms with van der Waals surface area (Å²) in [6.07, 6.45) is -3.69. The van der Waals surface area contributed by atoms with Gasteiger partial charge in [0.25, 0.3) is 5.91 Å². The van der Waals surface area contributed by atoms with Crippen molar-refractivity contribution in [3.05, 3.63) is 53.6 Å². The molecule has 2 aliphatic heterocycles. The molecule has 1 fully saturated rings. The van der Waals surface area contributed by atoms with E-state index >= 15 is 0 Å². The molecule has 31 heavy (non-hydrogen) atoms. The Bertz CT molecular complexity index is 927. The van der Waals surface area contributed by atoms with Crippen LogP contribution in [0.1, 0.15) is 22.3 Å². The number of carbonyl (C=O) groups is 1. The number of piperazine rings is 1. The van der Waals surface area contributed by atoms with Crippen LogP contribution in [-0.2, 0) is 6.18 Å². The van der Waals surface area contributed by atoms with E-state index in [4.69, 9.17) is 14.2 Å². The fourth-order valence-corrected chi connectivity index (χ4v) is 3.63. The highest BCUT2D eigenvalue weighted by Gasteiger charge is 2.30. The highest BCUT2D eigenvalue weighted by molar-refractivity contribution is 5.95. The molecule has 0 unspecified atom stereocenters. The highest BCUT2D eigenvalue weighted by Crippen LogP contribution is 2.33. The molecule has 1 amide bonds. The van der Waals surface area contributed by atoms with Crippen molar-refractivity contribution in [2.75, 3.05) is 46.1 Å². The lowest BCUT2D eigenvalue weighted by Crippen LogP contribution is -2.49. The smallest absolute Gasteiger partial charge is 0.416 e. The van der Waals surface area contributed by atoms with Crippen LogP contribution in [0.5, 0.6) is 17.2 Å². The molecule has 0 aromatic heterocycles. The van der Waals surface area contributed by atoms with Gasteiger partial charge in [0.1, 0.15) is 5.75 Å². The second-order valence-corrected chi connectivity index (χ2v) is 7.43. The number of hydrogen-bond donors (Lipinski definition) is 0. The van der Waals surface area contributed by atoms with Gasteiger partial charge in [-0.15, -0.1) is 0 Å². The molecular formula is C22H23F3N2O4. The van der Waals surface area contributed by atoms with Gasteiger partial charge in [-0.05, 0) is 42.8 Å². The Hall–Kier alpha value is -2.94. The lowest BCUT2D eigenvalue weighted by Gasteiger charge is -2.34. The van der Waals surface area contributed by atoms with Crippen molar-refractivity contribution >= 4 is 5.91 Å². The molecule has 9 heteroatoms. The maximum Gasteiger partial charge on any atom is 0.416 e. The summed E-state index contributed by atoms with van der Waals surface area (Å²) in [4.78, 5) is 16.8. The SMILES string of the molecule is O=C(c1ccc2c(c1)OCO2)N1CCN(CCCOc2cccc(C(F)(F)F)c2)CC1. The molecule has 166 valence electrons. The van der Waals surface area contributed by atoms with E-state index in [1.54, 1.807) is 18.2 Å². The summed E-state index contributed by atoms with van der Waals surface area (Å²) in [5.41, 5.74) is -0.138. The molecule has 2 heterocycles. The van der Waals surface area contributed by atoms with Gasteiger partial charge in [-0.3, -0.25) is 9.69 Å². The number of fused-ring (bicyclic) bond motifs is 1. The number of alkyl halides is 3.